The Kier molecular flexibility index (Phi) is 5.81. The zero-order valence-corrected chi connectivity index (χ0v) is 15.6. The lowest BCUT2D eigenvalue weighted by atomic mass is 10.2. The zero-order chi connectivity index (χ0) is 18.6. The van der Waals surface area contributed by atoms with E-state index < -0.39 is 10.0 Å². The molecule has 0 aromatic heterocycles. The van der Waals surface area contributed by atoms with Crippen LogP contribution in [0.4, 0.5) is 5.69 Å². The van der Waals surface area contributed by atoms with E-state index in [0.717, 1.165) is 9.87 Å². The summed E-state index contributed by atoms with van der Waals surface area (Å²) in [5.41, 5.74) is 2.45. The van der Waals surface area contributed by atoms with Gasteiger partial charge in [0, 0.05) is 19.8 Å². The number of nitrogens with zero attached hydrogens (tertiary/aromatic N) is 1. The fourth-order valence-electron chi connectivity index (χ4n) is 2.13. The van der Waals surface area contributed by atoms with Crippen LogP contribution in [0, 0.1) is 13.8 Å². The molecule has 0 fully saturated rings. The predicted molar refractivity (Wildman–Crippen MR) is 97.4 cm³/mol. The molecule has 0 aliphatic rings. The number of rotatable bonds is 6. The second-order valence-corrected chi connectivity index (χ2v) is 8.07. The third kappa shape index (κ3) is 4.80. The van der Waals surface area contributed by atoms with Gasteiger partial charge in [0.25, 0.3) is 5.91 Å². The molecule has 2 aromatic carbocycles. The van der Waals surface area contributed by atoms with Crippen molar-refractivity contribution in [2.75, 3.05) is 26.0 Å². The van der Waals surface area contributed by atoms with Crippen LogP contribution < -0.4 is 10.1 Å². The standard InChI is InChI=1S/C18H22N2O4S/c1-13-5-7-15(8-6-13)19-18(21)12-24-17-10-9-16(11-14(17)2)25(22,23)20(3)4/h5-11H,12H2,1-4H3,(H,19,21). The smallest absolute Gasteiger partial charge is 0.262 e. The van der Waals surface area contributed by atoms with E-state index in [1.54, 1.807) is 13.0 Å². The second kappa shape index (κ2) is 7.67. The van der Waals surface area contributed by atoms with Crippen LogP contribution in [0.15, 0.2) is 47.4 Å². The molecule has 6 nitrogen and oxygen atoms in total. The van der Waals surface area contributed by atoms with E-state index >= 15 is 0 Å². The summed E-state index contributed by atoms with van der Waals surface area (Å²) in [6, 6.07) is 12.0. The summed E-state index contributed by atoms with van der Waals surface area (Å²) in [6.07, 6.45) is 0. The van der Waals surface area contributed by atoms with Crippen molar-refractivity contribution in [3.63, 3.8) is 0 Å². The lowest BCUT2D eigenvalue weighted by Gasteiger charge is -2.14. The molecule has 25 heavy (non-hydrogen) atoms. The quantitative estimate of drug-likeness (QED) is 0.857. The molecule has 0 radical (unpaired) electrons. The molecule has 7 heteroatoms. The summed E-state index contributed by atoms with van der Waals surface area (Å²) in [6.45, 7) is 3.55. The topological polar surface area (TPSA) is 75.7 Å². The molecule has 1 N–H and O–H groups in total. The summed E-state index contributed by atoms with van der Waals surface area (Å²) < 4.78 is 30.9. The van der Waals surface area contributed by atoms with Gasteiger partial charge < -0.3 is 10.1 Å². The number of hydrogen-bond acceptors (Lipinski definition) is 4. The van der Waals surface area contributed by atoms with Gasteiger partial charge in [-0.3, -0.25) is 4.79 Å². The van der Waals surface area contributed by atoms with Gasteiger partial charge in [-0.15, -0.1) is 0 Å². The van der Waals surface area contributed by atoms with Crippen molar-refractivity contribution in [3.8, 4) is 5.75 Å². The highest BCUT2D eigenvalue weighted by Gasteiger charge is 2.18. The van der Waals surface area contributed by atoms with Crippen LogP contribution in [0.1, 0.15) is 11.1 Å². The SMILES string of the molecule is Cc1ccc(NC(=O)COc2ccc(S(=O)(=O)N(C)C)cc2C)cc1. The average molecular weight is 362 g/mol. The summed E-state index contributed by atoms with van der Waals surface area (Å²) >= 11 is 0. The van der Waals surface area contributed by atoms with Gasteiger partial charge in [0.05, 0.1) is 4.90 Å². The first-order valence-corrected chi connectivity index (χ1v) is 9.16. The van der Waals surface area contributed by atoms with Gasteiger partial charge in [-0.2, -0.15) is 0 Å². The Morgan fingerprint density at radius 3 is 2.28 bits per heavy atom. The number of sulfonamides is 1. The molecule has 0 bridgehead atoms. The number of benzene rings is 2. The van der Waals surface area contributed by atoms with Crippen LogP contribution in [0.3, 0.4) is 0 Å². The Labute approximate surface area is 148 Å². The van der Waals surface area contributed by atoms with Gasteiger partial charge in [-0.1, -0.05) is 17.7 Å². The highest BCUT2D eigenvalue weighted by atomic mass is 32.2. The van der Waals surface area contributed by atoms with E-state index in [2.05, 4.69) is 5.32 Å². The zero-order valence-electron chi connectivity index (χ0n) is 14.7. The molecule has 2 aromatic rings. The molecule has 0 heterocycles. The van der Waals surface area contributed by atoms with Crippen molar-refractivity contribution < 1.29 is 17.9 Å². The van der Waals surface area contributed by atoms with Crippen LogP contribution in [-0.4, -0.2) is 39.3 Å². The van der Waals surface area contributed by atoms with E-state index in [4.69, 9.17) is 4.74 Å². The van der Waals surface area contributed by atoms with Gasteiger partial charge in [-0.25, -0.2) is 12.7 Å². The highest BCUT2D eigenvalue weighted by Crippen LogP contribution is 2.23. The van der Waals surface area contributed by atoms with Crippen LogP contribution in [-0.2, 0) is 14.8 Å². The maximum absolute atomic E-state index is 12.1. The van der Waals surface area contributed by atoms with E-state index in [1.165, 1.54) is 26.2 Å². The normalized spacial score (nSPS) is 11.4. The van der Waals surface area contributed by atoms with Crippen molar-refractivity contribution in [1.82, 2.24) is 4.31 Å². The van der Waals surface area contributed by atoms with Crippen molar-refractivity contribution in [2.45, 2.75) is 18.7 Å². The van der Waals surface area contributed by atoms with E-state index in [9.17, 15) is 13.2 Å². The largest absolute Gasteiger partial charge is 0.483 e. The molecule has 0 saturated carbocycles. The van der Waals surface area contributed by atoms with Crippen molar-refractivity contribution in [1.29, 1.82) is 0 Å². The fraction of sp³-hybridized carbons (Fsp3) is 0.278. The molecule has 0 spiro atoms. The monoisotopic (exact) mass is 362 g/mol. The van der Waals surface area contributed by atoms with Crippen LogP contribution in [0.2, 0.25) is 0 Å². The first-order valence-electron chi connectivity index (χ1n) is 7.72. The van der Waals surface area contributed by atoms with Crippen molar-refractivity contribution in [3.05, 3.63) is 53.6 Å². The number of anilines is 1. The third-order valence-electron chi connectivity index (χ3n) is 3.62. The first-order chi connectivity index (χ1) is 11.7. The van der Waals surface area contributed by atoms with Gasteiger partial charge >= 0.3 is 0 Å². The minimum Gasteiger partial charge on any atom is -0.483 e. The van der Waals surface area contributed by atoms with Gasteiger partial charge in [0.1, 0.15) is 5.75 Å². The number of carbonyl (C=O) groups excluding carboxylic acids is 1. The van der Waals surface area contributed by atoms with Gasteiger partial charge in [0.2, 0.25) is 10.0 Å². The maximum Gasteiger partial charge on any atom is 0.262 e. The molecule has 0 aliphatic heterocycles. The molecular weight excluding hydrogens is 340 g/mol. The van der Waals surface area contributed by atoms with E-state index in [-0.39, 0.29) is 17.4 Å². The third-order valence-corrected chi connectivity index (χ3v) is 5.43. The van der Waals surface area contributed by atoms with Crippen molar-refractivity contribution >= 4 is 21.6 Å². The minimum absolute atomic E-state index is 0.158. The van der Waals surface area contributed by atoms with Crippen LogP contribution in [0.5, 0.6) is 5.75 Å². The van der Waals surface area contributed by atoms with Crippen LogP contribution in [0.25, 0.3) is 0 Å². The summed E-state index contributed by atoms with van der Waals surface area (Å²) in [7, 11) is -0.540. The summed E-state index contributed by atoms with van der Waals surface area (Å²) in [5.74, 6) is 0.185. The summed E-state index contributed by atoms with van der Waals surface area (Å²) in [4.78, 5) is 12.1. The molecule has 2 rings (SSSR count). The molecule has 0 saturated heterocycles. The Bertz CT molecular complexity index is 859. The average Bonchev–Trinajstić information content (AvgIpc) is 2.55. The number of ether oxygens (including phenoxy) is 1. The number of carbonyl (C=O) groups is 1. The molecular formula is C18H22N2O4S. The van der Waals surface area contributed by atoms with Crippen molar-refractivity contribution in [2.24, 2.45) is 0 Å². The first kappa shape index (κ1) is 19.0. The molecule has 0 atom stereocenters. The number of nitrogens with one attached hydrogen (secondary N) is 1. The number of aryl methyl sites for hydroxylation is 2. The number of amides is 1. The van der Waals surface area contributed by atoms with E-state index in [1.807, 2.05) is 31.2 Å². The second-order valence-electron chi connectivity index (χ2n) is 5.92. The predicted octanol–water partition coefficient (Wildman–Crippen LogP) is 2.57. The lowest BCUT2D eigenvalue weighted by Crippen LogP contribution is -2.22. The Balaban J connectivity index is 2.01. The minimum atomic E-state index is -3.49. The Morgan fingerprint density at radius 1 is 1.08 bits per heavy atom. The number of hydrogen-bond donors (Lipinski definition) is 1. The molecule has 1 amide bonds. The van der Waals surface area contributed by atoms with Crippen LogP contribution >= 0.6 is 0 Å². The Morgan fingerprint density at radius 2 is 1.72 bits per heavy atom. The maximum atomic E-state index is 12.1. The lowest BCUT2D eigenvalue weighted by molar-refractivity contribution is -0.118. The Hall–Kier alpha value is -2.38. The van der Waals surface area contributed by atoms with E-state index in [0.29, 0.717) is 17.0 Å². The summed E-state index contributed by atoms with van der Waals surface area (Å²) in [5, 5.41) is 2.74. The highest BCUT2D eigenvalue weighted by molar-refractivity contribution is 7.89. The van der Waals surface area contributed by atoms with Gasteiger partial charge in [0.15, 0.2) is 6.61 Å². The molecule has 0 unspecified atom stereocenters. The molecule has 134 valence electrons. The fourth-order valence-corrected chi connectivity index (χ4v) is 3.12. The molecule has 0 aliphatic carbocycles. The van der Waals surface area contributed by atoms with Gasteiger partial charge in [-0.05, 0) is 49.7 Å².